The minimum absolute atomic E-state index is 0.0609. The maximum Gasteiger partial charge on any atom is 0.147 e. The molecule has 1 unspecified atom stereocenters. The van der Waals surface area contributed by atoms with E-state index >= 15 is 0 Å². The molecule has 0 bridgehead atoms. The molecule has 4 N–H and O–H groups in total. The minimum atomic E-state index is 0.0609. The van der Waals surface area contributed by atoms with Gasteiger partial charge in [0.15, 0.2) is 0 Å². The average molecular weight is 440 g/mol. The average Bonchev–Trinajstić information content (AvgIpc) is 3.04. The molecule has 1 fully saturated rings. The van der Waals surface area contributed by atoms with Crippen LogP contribution in [0.15, 0.2) is 52.9 Å². The van der Waals surface area contributed by atoms with Gasteiger partial charge in [-0.15, -0.1) is 0 Å². The summed E-state index contributed by atoms with van der Waals surface area (Å²) in [6, 6.07) is 5.99. The van der Waals surface area contributed by atoms with Crippen LogP contribution >= 0.6 is 23.4 Å². The molecule has 9 heteroatoms. The first-order chi connectivity index (χ1) is 14.6. The second kappa shape index (κ2) is 7.68. The van der Waals surface area contributed by atoms with E-state index in [2.05, 4.69) is 30.9 Å². The van der Waals surface area contributed by atoms with E-state index in [0.717, 1.165) is 53.8 Å². The highest BCUT2D eigenvalue weighted by Gasteiger charge is 2.46. The number of halogens is 1. The summed E-state index contributed by atoms with van der Waals surface area (Å²) in [5.41, 5.74) is 14.9. The molecule has 1 aliphatic heterocycles. The third-order valence-corrected chi connectivity index (χ3v) is 7.72. The van der Waals surface area contributed by atoms with Gasteiger partial charge in [0.25, 0.3) is 0 Å². The highest BCUT2D eigenvalue weighted by molar-refractivity contribution is 7.99. The first kappa shape index (κ1) is 19.5. The normalized spacial score (nSPS) is 19.8. The van der Waals surface area contributed by atoms with Gasteiger partial charge in [0.2, 0.25) is 0 Å². The Morgan fingerprint density at radius 1 is 1.07 bits per heavy atom. The zero-order valence-corrected chi connectivity index (χ0v) is 17.9. The first-order valence-corrected chi connectivity index (χ1v) is 11.1. The molecular formula is C21H22ClN7S. The van der Waals surface area contributed by atoms with Crippen molar-refractivity contribution in [3.8, 4) is 0 Å². The largest absolute Gasteiger partial charge is 0.382 e. The number of rotatable bonds is 3. The zero-order chi connectivity index (χ0) is 20.7. The van der Waals surface area contributed by atoms with Gasteiger partial charge in [-0.25, -0.2) is 15.0 Å². The van der Waals surface area contributed by atoms with Crippen molar-refractivity contribution in [2.24, 2.45) is 11.1 Å². The standard InChI is InChI=1S/C21H22ClN7S/c22-18-15(3-7-26-20(18)24)30-17-12-27-16(11-28-17)29-8-4-21(5-9-29)10-14-13(19(21)23)2-1-6-25-14/h1-3,6-7,11-12,19H,4-5,8-10,23H2,(H2,24,26). The lowest BCUT2D eigenvalue weighted by atomic mass is 9.73. The second-order valence-electron chi connectivity index (χ2n) is 7.87. The summed E-state index contributed by atoms with van der Waals surface area (Å²) in [5.74, 6) is 1.20. The molecule has 154 valence electrons. The topological polar surface area (TPSA) is 107 Å². The third-order valence-electron chi connectivity index (χ3n) is 6.23. The maximum atomic E-state index is 6.64. The third kappa shape index (κ3) is 3.38. The van der Waals surface area contributed by atoms with Crippen molar-refractivity contribution in [1.82, 2.24) is 19.9 Å². The van der Waals surface area contributed by atoms with Crippen LogP contribution in [-0.4, -0.2) is 33.0 Å². The SMILES string of the molecule is Nc1nccc(Sc2cnc(N3CCC4(CC3)Cc3ncccc3C4N)cn2)c1Cl. The Hall–Kier alpha value is -2.42. The Balaban J connectivity index is 1.26. The molecule has 5 rings (SSSR count). The summed E-state index contributed by atoms with van der Waals surface area (Å²) in [5, 5.41) is 1.21. The second-order valence-corrected chi connectivity index (χ2v) is 9.31. The first-order valence-electron chi connectivity index (χ1n) is 9.90. The van der Waals surface area contributed by atoms with Crippen molar-refractivity contribution in [2.75, 3.05) is 23.7 Å². The molecule has 7 nitrogen and oxygen atoms in total. The summed E-state index contributed by atoms with van der Waals surface area (Å²) >= 11 is 7.65. The van der Waals surface area contributed by atoms with E-state index in [9.17, 15) is 0 Å². The van der Waals surface area contributed by atoms with Crippen molar-refractivity contribution in [2.45, 2.75) is 35.2 Å². The summed E-state index contributed by atoms with van der Waals surface area (Å²) in [7, 11) is 0. The molecule has 0 saturated carbocycles. The number of aromatic nitrogens is 4. The van der Waals surface area contributed by atoms with E-state index in [0.29, 0.717) is 10.8 Å². The maximum absolute atomic E-state index is 6.64. The van der Waals surface area contributed by atoms with Gasteiger partial charge < -0.3 is 16.4 Å². The van der Waals surface area contributed by atoms with Crippen LogP contribution in [0.5, 0.6) is 0 Å². The lowest BCUT2D eigenvalue weighted by Crippen LogP contribution is -2.44. The number of fused-ring (bicyclic) bond motifs is 1. The van der Waals surface area contributed by atoms with E-state index in [1.165, 1.54) is 17.3 Å². The quantitative estimate of drug-likeness (QED) is 0.638. The summed E-state index contributed by atoms with van der Waals surface area (Å²) in [4.78, 5) is 20.8. The molecule has 1 atom stereocenters. The number of piperidine rings is 1. The monoisotopic (exact) mass is 439 g/mol. The van der Waals surface area contributed by atoms with Crippen LogP contribution in [0.4, 0.5) is 11.6 Å². The Morgan fingerprint density at radius 3 is 2.63 bits per heavy atom. The van der Waals surface area contributed by atoms with Crippen molar-refractivity contribution < 1.29 is 0 Å². The lowest BCUT2D eigenvalue weighted by molar-refractivity contribution is 0.186. The van der Waals surface area contributed by atoms with Crippen LogP contribution in [0, 0.1) is 5.41 Å². The number of hydrogen-bond donors (Lipinski definition) is 2. The fourth-order valence-electron chi connectivity index (χ4n) is 4.48. The molecule has 4 heterocycles. The molecule has 0 aromatic carbocycles. The number of nitrogens with two attached hydrogens (primary N) is 2. The van der Waals surface area contributed by atoms with Gasteiger partial charge in [-0.1, -0.05) is 29.4 Å². The van der Waals surface area contributed by atoms with Gasteiger partial charge >= 0.3 is 0 Å². The fraction of sp³-hybridized carbons (Fsp3) is 0.333. The molecule has 1 saturated heterocycles. The van der Waals surface area contributed by atoms with Crippen LogP contribution in [0.3, 0.4) is 0 Å². The van der Waals surface area contributed by atoms with E-state index in [4.69, 9.17) is 23.1 Å². The van der Waals surface area contributed by atoms with E-state index < -0.39 is 0 Å². The molecule has 2 aliphatic rings. The Labute approximate surface area is 184 Å². The van der Waals surface area contributed by atoms with Crippen LogP contribution in [0.1, 0.15) is 30.1 Å². The van der Waals surface area contributed by atoms with Crippen LogP contribution in [-0.2, 0) is 6.42 Å². The highest BCUT2D eigenvalue weighted by Crippen LogP contribution is 2.50. The summed E-state index contributed by atoms with van der Waals surface area (Å²) in [6.07, 6.45) is 10.1. The predicted molar refractivity (Wildman–Crippen MR) is 119 cm³/mol. The van der Waals surface area contributed by atoms with Gasteiger partial charge in [0.1, 0.15) is 16.7 Å². The highest BCUT2D eigenvalue weighted by atomic mass is 35.5. The summed E-state index contributed by atoms with van der Waals surface area (Å²) < 4.78 is 0. The van der Waals surface area contributed by atoms with Crippen molar-refractivity contribution in [1.29, 1.82) is 0 Å². The fourth-order valence-corrected chi connectivity index (χ4v) is 5.47. The van der Waals surface area contributed by atoms with Crippen molar-refractivity contribution in [3.63, 3.8) is 0 Å². The van der Waals surface area contributed by atoms with Gasteiger partial charge in [-0.05, 0) is 42.4 Å². The Kier molecular flexibility index (Phi) is 5.00. The van der Waals surface area contributed by atoms with E-state index in [1.54, 1.807) is 12.4 Å². The predicted octanol–water partition coefficient (Wildman–Crippen LogP) is 3.50. The van der Waals surface area contributed by atoms with Crippen LogP contribution in [0.2, 0.25) is 5.02 Å². The molecule has 1 spiro atoms. The van der Waals surface area contributed by atoms with E-state index in [1.807, 2.05) is 24.5 Å². The molecular weight excluding hydrogens is 418 g/mol. The zero-order valence-electron chi connectivity index (χ0n) is 16.3. The van der Waals surface area contributed by atoms with Crippen molar-refractivity contribution in [3.05, 3.63) is 59.3 Å². The Bertz CT molecular complexity index is 1070. The molecule has 1 aliphatic carbocycles. The summed E-state index contributed by atoms with van der Waals surface area (Å²) in [6.45, 7) is 1.82. The van der Waals surface area contributed by atoms with E-state index in [-0.39, 0.29) is 11.5 Å². The number of nitrogen functional groups attached to an aromatic ring is 1. The molecule has 0 radical (unpaired) electrons. The molecule has 0 amide bonds. The van der Waals surface area contributed by atoms with Crippen molar-refractivity contribution >= 4 is 35.0 Å². The smallest absolute Gasteiger partial charge is 0.147 e. The number of nitrogens with zero attached hydrogens (tertiary/aromatic N) is 5. The van der Waals surface area contributed by atoms with Gasteiger partial charge in [-0.3, -0.25) is 4.98 Å². The molecule has 3 aromatic heterocycles. The van der Waals surface area contributed by atoms with Gasteiger partial charge in [-0.2, -0.15) is 0 Å². The van der Waals surface area contributed by atoms with Crippen LogP contribution in [0.25, 0.3) is 0 Å². The minimum Gasteiger partial charge on any atom is -0.382 e. The molecule has 30 heavy (non-hydrogen) atoms. The Morgan fingerprint density at radius 2 is 1.90 bits per heavy atom. The van der Waals surface area contributed by atoms with Gasteiger partial charge in [0.05, 0.1) is 17.4 Å². The number of anilines is 2. The van der Waals surface area contributed by atoms with Gasteiger partial charge in [0, 0.05) is 42.1 Å². The number of pyridine rings is 2. The number of hydrogen-bond acceptors (Lipinski definition) is 8. The molecule has 3 aromatic rings. The van der Waals surface area contributed by atoms with Crippen LogP contribution < -0.4 is 16.4 Å². The lowest BCUT2D eigenvalue weighted by Gasteiger charge is -2.42.